The van der Waals surface area contributed by atoms with E-state index >= 15 is 0 Å². The zero-order valence-electron chi connectivity index (χ0n) is 27.6. The van der Waals surface area contributed by atoms with Crippen LogP contribution in [0.5, 0.6) is 0 Å². The maximum Gasteiger partial charge on any atom is 0.242 e. The SMILES string of the molecule is CC(C)[C@H](NN[C@@H](CCCNC(N)N)C(=O)C(=O)CCCCN)C(=O)N[C@@H](CCCNC(N)N)C(=O)NCc1ccc(C(=N)N)cc1. The third-order valence-corrected chi connectivity index (χ3v) is 7.28. The Labute approximate surface area is 277 Å². The number of rotatable bonds is 26. The molecule has 3 atom stereocenters. The zero-order valence-corrected chi connectivity index (χ0v) is 27.6. The van der Waals surface area contributed by atoms with Crippen LogP contribution in [0.3, 0.4) is 0 Å². The first-order valence-corrected chi connectivity index (χ1v) is 16.0. The van der Waals surface area contributed by atoms with Crippen LogP contribution in [0.4, 0.5) is 0 Å². The maximum absolute atomic E-state index is 13.6. The summed E-state index contributed by atoms with van der Waals surface area (Å²) in [4.78, 5) is 52.6. The molecule has 0 fully saturated rings. The smallest absolute Gasteiger partial charge is 0.242 e. The molecule has 1 aromatic carbocycles. The lowest BCUT2D eigenvalue weighted by Crippen LogP contribution is -2.60. The molecule has 2 amide bonds. The van der Waals surface area contributed by atoms with Gasteiger partial charge in [-0.15, -0.1) is 0 Å². The van der Waals surface area contributed by atoms with Gasteiger partial charge in [0.25, 0.3) is 0 Å². The Morgan fingerprint density at radius 2 is 1.36 bits per heavy atom. The van der Waals surface area contributed by atoms with E-state index in [0.29, 0.717) is 50.9 Å². The number of unbranched alkanes of at least 4 members (excludes halogenated alkanes) is 1. The van der Waals surface area contributed by atoms with Gasteiger partial charge in [0, 0.05) is 18.5 Å². The van der Waals surface area contributed by atoms with Gasteiger partial charge in [-0.1, -0.05) is 38.1 Å². The largest absolute Gasteiger partial charge is 0.384 e. The molecule has 0 radical (unpaired) electrons. The predicted molar refractivity (Wildman–Crippen MR) is 182 cm³/mol. The summed E-state index contributed by atoms with van der Waals surface area (Å²) in [5, 5.41) is 19.0. The molecule has 0 unspecified atom stereocenters. The van der Waals surface area contributed by atoms with Crippen LogP contribution in [-0.2, 0) is 25.7 Å². The highest BCUT2D eigenvalue weighted by Gasteiger charge is 2.30. The van der Waals surface area contributed by atoms with Gasteiger partial charge in [-0.05, 0) is 69.6 Å². The van der Waals surface area contributed by atoms with E-state index in [2.05, 4.69) is 32.1 Å². The van der Waals surface area contributed by atoms with Crippen LogP contribution in [-0.4, -0.2) is 79.6 Å². The Hall–Kier alpha value is -3.39. The van der Waals surface area contributed by atoms with E-state index in [9.17, 15) is 19.2 Å². The van der Waals surface area contributed by atoms with Crippen molar-refractivity contribution in [1.29, 1.82) is 5.41 Å². The summed E-state index contributed by atoms with van der Waals surface area (Å²) in [5.41, 5.74) is 40.4. The Bertz CT molecular complexity index is 1120. The molecule has 0 aromatic heterocycles. The lowest BCUT2D eigenvalue weighted by molar-refractivity contribution is -0.138. The quantitative estimate of drug-likeness (QED) is 0.0117. The molecule has 17 nitrogen and oxygen atoms in total. The van der Waals surface area contributed by atoms with Gasteiger partial charge in [0.1, 0.15) is 30.5 Å². The highest BCUT2D eigenvalue weighted by molar-refractivity contribution is 6.39. The fourth-order valence-corrected chi connectivity index (χ4v) is 4.54. The minimum Gasteiger partial charge on any atom is -0.384 e. The fourth-order valence-electron chi connectivity index (χ4n) is 4.54. The van der Waals surface area contributed by atoms with Crippen molar-refractivity contribution >= 4 is 29.2 Å². The van der Waals surface area contributed by atoms with Crippen molar-refractivity contribution < 1.29 is 19.2 Å². The number of hydrogen-bond donors (Lipinski definition) is 13. The maximum atomic E-state index is 13.6. The summed E-state index contributed by atoms with van der Waals surface area (Å²) in [6.45, 7) is 5.07. The van der Waals surface area contributed by atoms with Crippen LogP contribution in [0.1, 0.15) is 69.9 Å². The predicted octanol–water partition coefficient (Wildman–Crippen LogP) is -3.03. The molecule has 0 aliphatic rings. The van der Waals surface area contributed by atoms with E-state index in [1.54, 1.807) is 24.3 Å². The van der Waals surface area contributed by atoms with Crippen molar-refractivity contribution in [3.63, 3.8) is 0 Å². The number of benzene rings is 1. The number of amides is 2. The number of carbonyl (C=O) groups is 4. The average Bonchev–Trinajstić information content (AvgIpc) is 3.01. The molecule has 0 heterocycles. The summed E-state index contributed by atoms with van der Waals surface area (Å²) in [6.07, 6.45) is 1.28. The van der Waals surface area contributed by atoms with E-state index in [4.69, 9.17) is 39.8 Å². The van der Waals surface area contributed by atoms with Crippen molar-refractivity contribution in [1.82, 2.24) is 32.1 Å². The summed E-state index contributed by atoms with van der Waals surface area (Å²) < 4.78 is 0. The number of amidine groups is 1. The van der Waals surface area contributed by atoms with E-state index in [1.165, 1.54) is 0 Å². The van der Waals surface area contributed by atoms with Crippen LogP contribution < -0.4 is 66.5 Å². The third-order valence-electron chi connectivity index (χ3n) is 7.28. The minimum absolute atomic E-state index is 0.0601. The topological polar surface area (TPSA) is 320 Å². The first kappa shape index (κ1) is 41.6. The summed E-state index contributed by atoms with van der Waals surface area (Å²) in [7, 11) is 0. The van der Waals surface area contributed by atoms with Gasteiger partial charge in [0.15, 0.2) is 5.78 Å². The second-order valence-corrected chi connectivity index (χ2v) is 11.7. The van der Waals surface area contributed by atoms with Crippen molar-refractivity contribution in [2.75, 3.05) is 19.6 Å². The van der Waals surface area contributed by atoms with Crippen LogP contribution in [0.2, 0.25) is 0 Å². The zero-order chi connectivity index (χ0) is 35.4. The first-order chi connectivity index (χ1) is 22.3. The van der Waals surface area contributed by atoms with Gasteiger partial charge >= 0.3 is 0 Å². The van der Waals surface area contributed by atoms with Gasteiger partial charge in [-0.25, -0.2) is 10.9 Å². The van der Waals surface area contributed by atoms with Crippen LogP contribution in [0.25, 0.3) is 0 Å². The molecular formula is C30H57N13O4. The summed E-state index contributed by atoms with van der Waals surface area (Å²) in [6, 6.07) is 4.21. The van der Waals surface area contributed by atoms with Crippen LogP contribution in [0.15, 0.2) is 24.3 Å². The average molecular weight is 664 g/mol. The lowest BCUT2D eigenvalue weighted by atomic mass is 10.00. The van der Waals surface area contributed by atoms with E-state index in [1.807, 2.05) is 13.8 Å². The Morgan fingerprint density at radius 1 is 0.787 bits per heavy atom. The number of hydrogen-bond acceptors (Lipinski definition) is 14. The molecule has 1 aromatic rings. The highest BCUT2D eigenvalue weighted by atomic mass is 16.2. The molecule has 0 saturated carbocycles. The number of hydrazine groups is 1. The minimum atomic E-state index is -0.912. The van der Waals surface area contributed by atoms with Crippen LogP contribution >= 0.6 is 0 Å². The number of nitrogens with two attached hydrogens (primary N) is 6. The van der Waals surface area contributed by atoms with Crippen molar-refractivity contribution in [3.05, 3.63) is 35.4 Å². The molecule has 266 valence electrons. The molecule has 0 saturated heterocycles. The molecule has 0 spiro atoms. The molecule has 19 N–H and O–H groups in total. The van der Waals surface area contributed by atoms with Gasteiger partial charge < -0.3 is 45.0 Å². The van der Waals surface area contributed by atoms with Crippen LogP contribution in [0, 0.1) is 11.3 Å². The van der Waals surface area contributed by atoms with Gasteiger partial charge in [0.2, 0.25) is 17.6 Å². The fraction of sp³-hybridized carbons (Fsp3) is 0.633. The number of nitrogen functional groups attached to an aromatic ring is 1. The van der Waals surface area contributed by atoms with E-state index < -0.39 is 54.1 Å². The summed E-state index contributed by atoms with van der Waals surface area (Å²) >= 11 is 0. The normalized spacial score (nSPS) is 13.4. The Kier molecular flexibility index (Phi) is 20.4. The molecule has 0 bridgehead atoms. The van der Waals surface area contributed by atoms with Gasteiger partial charge in [-0.2, -0.15) is 0 Å². The molecular weight excluding hydrogens is 606 g/mol. The van der Waals surface area contributed by atoms with Gasteiger partial charge in [-0.3, -0.25) is 35.2 Å². The first-order valence-electron chi connectivity index (χ1n) is 16.0. The molecule has 1 rings (SSSR count). The Balaban J connectivity index is 3.00. The number of Topliss-reactive ketones (excluding diaryl/α,β-unsaturated/α-hetero) is 2. The molecule has 0 aliphatic heterocycles. The lowest BCUT2D eigenvalue weighted by Gasteiger charge is -2.27. The van der Waals surface area contributed by atoms with E-state index in [-0.39, 0.29) is 37.6 Å². The summed E-state index contributed by atoms with van der Waals surface area (Å²) in [5.74, 6) is -2.33. The molecule has 0 aliphatic carbocycles. The standard InChI is InChI=1S/C30H57N13O4/c1-18(2)24(43-42-21(7-5-15-38-29(34)35)25(45)23(44)9-3-4-14-31)28(47)41-22(8-6-16-39-30(36)37)27(46)40-17-19-10-12-20(13-11-19)26(32)33/h10-13,18,21-22,24,29-30,38-39,42-43H,3-9,14-17,31,34-37H2,1-2H3,(H3,32,33)(H,40,46)(H,41,47)/t21-,22-,24-/m0/s1. The second kappa shape index (κ2) is 23.0. The molecule has 47 heavy (non-hydrogen) atoms. The van der Waals surface area contributed by atoms with E-state index in [0.717, 1.165) is 5.56 Å². The number of ketones is 2. The Morgan fingerprint density at radius 3 is 1.87 bits per heavy atom. The van der Waals surface area contributed by atoms with Gasteiger partial charge in [0.05, 0.1) is 6.04 Å². The van der Waals surface area contributed by atoms with Crippen molar-refractivity contribution in [3.8, 4) is 0 Å². The third kappa shape index (κ3) is 17.4. The highest BCUT2D eigenvalue weighted by Crippen LogP contribution is 2.08. The van der Waals surface area contributed by atoms with Crippen molar-refractivity contribution in [2.24, 2.45) is 40.3 Å². The number of carbonyl (C=O) groups excluding carboxylic acids is 4. The van der Waals surface area contributed by atoms with Crippen molar-refractivity contribution in [2.45, 2.75) is 96.0 Å². The second-order valence-electron chi connectivity index (χ2n) is 11.7. The monoisotopic (exact) mass is 663 g/mol. The number of nitrogens with one attached hydrogen (secondary N) is 7. The molecule has 17 heteroatoms.